The topological polar surface area (TPSA) is 102 Å². The van der Waals surface area contributed by atoms with E-state index < -0.39 is 5.41 Å². The maximum absolute atomic E-state index is 14.4. The number of ketones is 1. The zero-order valence-electron chi connectivity index (χ0n) is 24.1. The van der Waals surface area contributed by atoms with Gasteiger partial charge < -0.3 is 15.7 Å². The van der Waals surface area contributed by atoms with Gasteiger partial charge in [-0.1, -0.05) is 50.6 Å². The van der Waals surface area contributed by atoms with E-state index in [-0.39, 0.29) is 57.0 Å². The van der Waals surface area contributed by atoms with Gasteiger partial charge in [-0.3, -0.25) is 9.59 Å². The Hall–Kier alpha value is -2.11. The van der Waals surface area contributed by atoms with Crippen molar-refractivity contribution in [2.75, 3.05) is 7.11 Å². The number of carbonyl (C=O) groups is 2. The molecule has 4 aliphatic rings. The minimum absolute atomic E-state index is 0.0899. The van der Waals surface area contributed by atoms with Gasteiger partial charge in [-0.2, -0.15) is 0 Å². The van der Waals surface area contributed by atoms with Gasteiger partial charge in [0.05, 0.1) is 12.5 Å². The predicted molar refractivity (Wildman–Crippen MR) is 146 cm³/mol. The molecule has 0 bridgehead atoms. The van der Waals surface area contributed by atoms with Crippen molar-refractivity contribution in [1.82, 2.24) is 0 Å². The molecular formula is C31H48N2O4. The lowest BCUT2D eigenvalue weighted by molar-refractivity contribution is -0.167. The first-order valence-corrected chi connectivity index (χ1v) is 14.1. The van der Waals surface area contributed by atoms with Gasteiger partial charge in [0.2, 0.25) is 0 Å². The molecule has 4 rings (SSSR count). The Morgan fingerprint density at radius 3 is 2.41 bits per heavy atom. The number of esters is 1. The second-order valence-electron chi connectivity index (χ2n) is 14.2. The molecule has 0 aromatic carbocycles. The molecule has 0 aromatic heterocycles. The summed E-state index contributed by atoms with van der Waals surface area (Å²) in [5.41, 5.74) is 7.17. The summed E-state index contributed by atoms with van der Waals surface area (Å²) < 4.78 is 5.24. The number of nitrogens with two attached hydrogens (primary N) is 1. The third kappa shape index (κ3) is 3.91. The van der Waals surface area contributed by atoms with Crippen LogP contribution >= 0.6 is 0 Å². The molecule has 0 saturated heterocycles. The minimum Gasteiger partial charge on any atom is -0.469 e. The van der Waals surface area contributed by atoms with Crippen molar-refractivity contribution in [3.05, 3.63) is 23.8 Å². The molecule has 0 aromatic rings. The minimum atomic E-state index is -0.522. The summed E-state index contributed by atoms with van der Waals surface area (Å²) in [6.07, 6.45) is 9.75. The van der Waals surface area contributed by atoms with Crippen LogP contribution in [-0.2, 0) is 14.3 Å². The average molecular weight is 513 g/mol. The van der Waals surface area contributed by atoms with E-state index in [0.717, 1.165) is 50.5 Å². The second kappa shape index (κ2) is 8.98. The van der Waals surface area contributed by atoms with Gasteiger partial charge in [-0.25, -0.2) is 0 Å². The Bertz CT molecular complexity index is 1060. The van der Waals surface area contributed by atoms with Crippen LogP contribution in [0.3, 0.4) is 0 Å². The number of allylic oxidation sites excluding steroid dienone is 3. The summed E-state index contributed by atoms with van der Waals surface area (Å²) in [5.74, 6) is 0.496. The van der Waals surface area contributed by atoms with E-state index in [1.54, 1.807) is 0 Å². The van der Waals surface area contributed by atoms with Crippen LogP contribution in [0.5, 0.6) is 0 Å². The fraction of sp³-hybridized carbons (Fsp3) is 0.774. The van der Waals surface area contributed by atoms with Gasteiger partial charge in [0.25, 0.3) is 0 Å². The number of hydrogen-bond donors (Lipinski definition) is 2. The Labute approximate surface area is 223 Å². The van der Waals surface area contributed by atoms with Gasteiger partial charge in [-0.05, 0) is 105 Å². The molecule has 3 fully saturated rings. The molecule has 4 aliphatic carbocycles. The second-order valence-corrected chi connectivity index (χ2v) is 14.2. The Balaban J connectivity index is 1.83. The summed E-state index contributed by atoms with van der Waals surface area (Å²) in [5, 5.41) is 12.4. The molecule has 0 amide bonds. The first-order valence-electron chi connectivity index (χ1n) is 14.1. The van der Waals surface area contributed by atoms with E-state index in [0.29, 0.717) is 12.8 Å². The van der Waals surface area contributed by atoms with Crippen LogP contribution in [0, 0.1) is 44.8 Å². The van der Waals surface area contributed by atoms with Crippen molar-refractivity contribution >= 4 is 17.6 Å². The van der Waals surface area contributed by atoms with Crippen LogP contribution in [0.25, 0.3) is 0 Å². The van der Waals surface area contributed by atoms with Crippen molar-refractivity contribution in [2.45, 2.75) is 99.3 Å². The molecule has 0 aliphatic heterocycles. The molecule has 0 spiro atoms. The smallest absolute Gasteiger partial charge is 0.311 e. The van der Waals surface area contributed by atoms with Crippen molar-refractivity contribution in [2.24, 2.45) is 55.7 Å². The number of amidine groups is 1. The van der Waals surface area contributed by atoms with Crippen molar-refractivity contribution in [3.8, 4) is 0 Å². The molecule has 0 heterocycles. The van der Waals surface area contributed by atoms with Crippen LogP contribution in [0.15, 0.2) is 29.0 Å². The van der Waals surface area contributed by atoms with Gasteiger partial charge in [-0.15, -0.1) is 0 Å². The summed E-state index contributed by atoms with van der Waals surface area (Å²) in [6, 6.07) is 0. The highest BCUT2D eigenvalue weighted by Crippen LogP contribution is 2.73. The molecule has 8 atom stereocenters. The molecule has 6 nitrogen and oxygen atoms in total. The van der Waals surface area contributed by atoms with E-state index >= 15 is 0 Å². The van der Waals surface area contributed by atoms with Crippen molar-refractivity contribution in [1.29, 1.82) is 0 Å². The molecular weight excluding hydrogens is 464 g/mol. The fourth-order valence-corrected chi connectivity index (χ4v) is 9.58. The molecule has 3 N–H and O–H groups in total. The van der Waals surface area contributed by atoms with Gasteiger partial charge in [0.15, 0.2) is 5.78 Å². The lowest BCUT2D eigenvalue weighted by Gasteiger charge is -2.68. The first kappa shape index (κ1) is 27.9. The van der Waals surface area contributed by atoms with Gasteiger partial charge in [0, 0.05) is 12.3 Å². The zero-order chi connectivity index (χ0) is 27.6. The lowest BCUT2D eigenvalue weighted by atomic mass is 9.35. The van der Waals surface area contributed by atoms with E-state index in [2.05, 4.69) is 46.4 Å². The number of nitrogens with zero attached hydrogens (tertiary/aromatic N) is 1. The van der Waals surface area contributed by atoms with E-state index in [9.17, 15) is 14.8 Å². The van der Waals surface area contributed by atoms with Crippen LogP contribution in [0.2, 0.25) is 0 Å². The van der Waals surface area contributed by atoms with Crippen LogP contribution in [0.4, 0.5) is 0 Å². The standard InChI is InChI=1S/C31H48N2O4/c1-19(2)20-9-12-31(7)25(29(20,5)11-10-24(32)33-36)23(34)17-21-22-18-28(4,26(35)37-8)14-13-27(22,3)15-16-30(21,31)6/h17,20,22,25,36H,1,9-16,18H2,2-8H3,(H2,32,33)/t20-,22-,25+,27+,28+,29-,30+,31+/m0/s1. The molecule has 37 heavy (non-hydrogen) atoms. The summed E-state index contributed by atoms with van der Waals surface area (Å²) >= 11 is 0. The van der Waals surface area contributed by atoms with Gasteiger partial charge in [0.1, 0.15) is 5.84 Å². The van der Waals surface area contributed by atoms with E-state index in [4.69, 9.17) is 10.5 Å². The number of fused-ring (bicyclic) bond motifs is 5. The molecule has 206 valence electrons. The molecule has 0 unspecified atom stereocenters. The Morgan fingerprint density at radius 2 is 1.81 bits per heavy atom. The monoisotopic (exact) mass is 512 g/mol. The largest absolute Gasteiger partial charge is 0.469 e. The average Bonchev–Trinajstić information content (AvgIpc) is 2.84. The highest BCUT2D eigenvalue weighted by atomic mass is 16.5. The molecule has 6 heteroatoms. The van der Waals surface area contributed by atoms with Gasteiger partial charge >= 0.3 is 5.97 Å². The Morgan fingerprint density at radius 1 is 1.16 bits per heavy atom. The van der Waals surface area contributed by atoms with E-state index in [1.165, 1.54) is 12.7 Å². The fourth-order valence-electron chi connectivity index (χ4n) is 9.58. The predicted octanol–water partition coefficient (Wildman–Crippen LogP) is 6.42. The third-order valence-corrected chi connectivity index (χ3v) is 12.2. The first-order chi connectivity index (χ1) is 17.1. The normalized spacial score (nSPS) is 45.7. The van der Waals surface area contributed by atoms with Crippen molar-refractivity contribution < 1.29 is 19.5 Å². The lowest BCUT2D eigenvalue weighted by Crippen LogP contribution is -2.63. The SMILES string of the molecule is C=C(C)[C@@H]1CC[C@]2(C)[C@H](C(=O)C=C3[C@@H]4C[C@](C)(C(=O)OC)CC[C@]4(C)CC[C@]32C)[C@@]1(C)CC/C(N)=N/O. The number of hydrogen-bond acceptors (Lipinski definition) is 5. The van der Waals surface area contributed by atoms with Crippen molar-refractivity contribution in [3.63, 3.8) is 0 Å². The number of ether oxygens (including phenoxy) is 1. The maximum atomic E-state index is 14.4. The summed E-state index contributed by atoms with van der Waals surface area (Å²) in [6.45, 7) is 17.8. The third-order valence-electron chi connectivity index (χ3n) is 12.2. The maximum Gasteiger partial charge on any atom is 0.311 e. The van der Waals surface area contributed by atoms with Crippen LogP contribution in [0.1, 0.15) is 99.3 Å². The van der Waals surface area contributed by atoms with E-state index in [1.807, 2.05) is 13.0 Å². The number of rotatable bonds is 5. The quantitative estimate of drug-likeness (QED) is 0.110. The molecule has 3 saturated carbocycles. The van der Waals surface area contributed by atoms with Crippen LogP contribution in [-0.4, -0.2) is 29.9 Å². The highest BCUT2D eigenvalue weighted by Gasteiger charge is 2.68. The van der Waals surface area contributed by atoms with Crippen LogP contribution < -0.4 is 5.73 Å². The number of oxime groups is 1. The summed E-state index contributed by atoms with van der Waals surface area (Å²) in [7, 11) is 1.48. The number of carbonyl (C=O) groups excluding carboxylic acids is 2. The Kier molecular flexibility index (Phi) is 6.78. The zero-order valence-corrected chi connectivity index (χ0v) is 24.1. The number of methoxy groups -OCH3 is 1. The summed E-state index contributed by atoms with van der Waals surface area (Å²) in [4.78, 5) is 27.2. The highest BCUT2D eigenvalue weighted by molar-refractivity contribution is 5.96. The molecule has 0 radical (unpaired) electrons.